The van der Waals surface area contributed by atoms with Crippen LogP contribution in [-0.2, 0) is 13.6 Å². The van der Waals surface area contributed by atoms with E-state index in [0.717, 1.165) is 23.2 Å². The number of nitrogens with zero attached hydrogens (tertiary/aromatic N) is 5. The van der Waals surface area contributed by atoms with Crippen molar-refractivity contribution < 1.29 is 0 Å². The van der Waals surface area contributed by atoms with E-state index in [4.69, 9.17) is 0 Å². The Morgan fingerprint density at radius 2 is 2.12 bits per heavy atom. The first-order chi connectivity index (χ1) is 7.65. The van der Waals surface area contributed by atoms with Crippen LogP contribution >= 0.6 is 0 Å². The minimum absolute atomic E-state index is 0.604. The number of anilines is 1. The lowest BCUT2D eigenvalue weighted by atomic mass is 10.4. The van der Waals surface area contributed by atoms with E-state index in [1.807, 2.05) is 31.5 Å². The van der Waals surface area contributed by atoms with E-state index in [1.165, 1.54) is 0 Å². The second-order valence-electron chi connectivity index (χ2n) is 3.65. The van der Waals surface area contributed by atoms with Crippen molar-refractivity contribution in [3.05, 3.63) is 29.7 Å². The number of hydrogen-bond acceptors (Lipinski definition) is 5. The fourth-order valence-electron chi connectivity index (χ4n) is 1.44. The van der Waals surface area contributed by atoms with Gasteiger partial charge in [-0.3, -0.25) is 0 Å². The van der Waals surface area contributed by atoms with Crippen LogP contribution in [-0.4, -0.2) is 24.7 Å². The van der Waals surface area contributed by atoms with E-state index in [2.05, 4.69) is 25.5 Å². The summed E-state index contributed by atoms with van der Waals surface area (Å²) in [5.74, 6) is 2.45. The summed E-state index contributed by atoms with van der Waals surface area (Å²) in [5, 5.41) is 11.0. The van der Waals surface area contributed by atoms with E-state index < -0.39 is 0 Å². The summed E-state index contributed by atoms with van der Waals surface area (Å²) in [5.41, 5.74) is 0.952. The summed E-state index contributed by atoms with van der Waals surface area (Å²) in [6.07, 6.45) is 1.67. The SMILES string of the molecule is Cc1cc(NCc2nncn2C)nc(C)n1. The Balaban J connectivity index is 2.07. The van der Waals surface area contributed by atoms with E-state index in [1.54, 1.807) is 6.33 Å². The van der Waals surface area contributed by atoms with Gasteiger partial charge in [0.15, 0.2) is 5.82 Å². The molecule has 0 saturated carbocycles. The van der Waals surface area contributed by atoms with Crippen molar-refractivity contribution in [1.82, 2.24) is 24.7 Å². The van der Waals surface area contributed by atoms with E-state index in [0.29, 0.717) is 6.54 Å². The molecule has 2 rings (SSSR count). The van der Waals surface area contributed by atoms with Crippen LogP contribution in [0.1, 0.15) is 17.3 Å². The molecule has 2 aromatic rings. The normalized spacial score (nSPS) is 10.4. The number of nitrogens with one attached hydrogen (secondary N) is 1. The molecule has 84 valence electrons. The van der Waals surface area contributed by atoms with Crippen molar-refractivity contribution >= 4 is 5.82 Å². The van der Waals surface area contributed by atoms with Crippen LogP contribution in [0.25, 0.3) is 0 Å². The first-order valence-corrected chi connectivity index (χ1v) is 5.04. The largest absolute Gasteiger partial charge is 0.363 e. The van der Waals surface area contributed by atoms with Gasteiger partial charge in [0, 0.05) is 18.8 Å². The fourth-order valence-corrected chi connectivity index (χ4v) is 1.44. The third kappa shape index (κ3) is 2.33. The molecule has 0 aliphatic carbocycles. The molecule has 0 aromatic carbocycles. The van der Waals surface area contributed by atoms with Crippen LogP contribution in [0.5, 0.6) is 0 Å². The summed E-state index contributed by atoms with van der Waals surface area (Å²) in [6.45, 7) is 4.43. The third-order valence-electron chi connectivity index (χ3n) is 2.20. The van der Waals surface area contributed by atoms with E-state index >= 15 is 0 Å². The standard InChI is InChI=1S/C10H14N6/c1-7-4-9(14-8(2)13-7)11-5-10-15-12-6-16(10)3/h4,6H,5H2,1-3H3,(H,11,13,14). The van der Waals surface area contributed by atoms with Gasteiger partial charge >= 0.3 is 0 Å². The van der Waals surface area contributed by atoms with Crippen LogP contribution in [0.2, 0.25) is 0 Å². The van der Waals surface area contributed by atoms with Crippen LogP contribution in [0.3, 0.4) is 0 Å². The van der Waals surface area contributed by atoms with Gasteiger partial charge in [0.05, 0.1) is 6.54 Å². The van der Waals surface area contributed by atoms with Crippen molar-refractivity contribution in [2.45, 2.75) is 20.4 Å². The van der Waals surface area contributed by atoms with E-state index in [-0.39, 0.29) is 0 Å². The molecule has 0 saturated heterocycles. The maximum Gasteiger partial charge on any atom is 0.151 e. The Morgan fingerprint density at radius 3 is 2.75 bits per heavy atom. The Hall–Kier alpha value is -1.98. The molecule has 0 spiro atoms. The number of hydrogen-bond donors (Lipinski definition) is 1. The zero-order chi connectivity index (χ0) is 11.5. The van der Waals surface area contributed by atoms with Crippen LogP contribution in [0.4, 0.5) is 5.82 Å². The average Bonchev–Trinajstić information content (AvgIpc) is 2.59. The van der Waals surface area contributed by atoms with Gasteiger partial charge in [0.25, 0.3) is 0 Å². The Kier molecular flexibility index (Phi) is 2.80. The summed E-state index contributed by atoms with van der Waals surface area (Å²) in [6, 6.07) is 1.91. The third-order valence-corrected chi connectivity index (χ3v) is 2.20. The van der Waals surface area contributed by atoms with Crippen LogP contribution in [0.15, 0.2) is 12.4 Å². The van der Waals surface area contributed by atoms with Crippen LogP contribution < -0.4 is 5.32 Å². The quantitative estimate of drug-likeness (QED) is 0.826. The zero-order valence-corrected chi connectivity index (χ0v) is 9.60. The van der Waals surface area contributed by atoms with Crippen molar-refractivity contribution in [1.29, 1.82) is 0 Å². The highest BCUT2D eigenvalue weighted by molar-refractivity contribution is 5.35. The molecule has 1 N–H and O–H groups in total. The highest BCUT2D eigenvalue weighted by atomic mass is 15.3. The van der Waals surface area contributed by atoms with Gasteiger partial charge in [-0.1, -0.05) is 0 Å². The van der Waals surface area contributed by atoms with Gasteiger partial charge in [-0.2, -0.15) is 0 Å². The first-order valence-electron chi connectivity index (χ1n) is 5.04. The predicted molar refractivity (Wildman–Crippen MR) is 59.8 cm³/mol. The number of aryl methyl sites for hydroxylation is 3. The molecule has 0 aliphatic rings. The van der Waals surface area contributed by atoms with Crippen molar-refractivity contribution in [2.24, 2.45) is 7.05 Å². The Labute approximate surface area is 93.8 Å². The lowest BCUT2D eigenvalue weighted by Gasteiger charge is -2.06. The monoisotopic (exact) mass is 218 g/mol. The lowest BCUT2D eigenvalue weighted by Crippen LogP contribution is -2.08. The highest BCUT2D eigenvalue weighted by Gasteiger charge is 2.02. The highest BCUT2D eigenvalue weighted by Crippen LogP contribution is 2.06. The summed E-state index contributed by atoms with van der Waals surface area (Å²) in [4.78, 5) is 8.50. The summed E-state index contributed by atoms with van der Waals surface area (Å²) in [7, 11) is 1.91. The lowest BCUT2D eigenvalue weighted by molar-refractivity contribution is 0.808. The molecule has 6 heteroatoms. The van der Waals surface area contributed by atoms with Gasteiger partial charge in [-0.15, -0.1) is 10.2 Å². The van der Waals surface area contributed by atoms with E-state index in [9.17, 15) is 0 Å². The first kappa shape index (κ1) is 10.5. The minimum Gasteiger partial charge on any atom is -0.363 e. The van der Waals surface area contributed by atoms with Gasteiger partial charge in [-0.25, -0.2) is 9.97 Å². The molecule has 0 atom stereocenters. The van der Waals surface area contributed by atoms with Gasteiger partial charge < -0.3 is 9.88 Å². The molecule has 16 heavy (non-hydrogen) atoms. The predicted octanol–water partition coefficient (Wildman–Crippen LogP) is 0.834. The molecule has 0 fully saturated rings. The average molecular weight is 218 g/mol. The Bertz CT molecular complexity index is 470. The molecule has 2 aromatic heterocycles. The second kappa shape index (κ2) is 4.26. The smallest absolute Gasteiger partial charge is 0.151 e. The molecule has 0 bridgehead atoms. The number of rotatable bonds is 3. The van der Waals surface area contributed by atoms with Crippen molar-refractivity contribution in [2.75, 3.05) is 5.32 Å². The van der Waals surface area contributed by atoms with Crippen molar-refractivity contribution in [3.63, 3.8) is 0 Å². The molecular formula is C10H14N6. The van der Waals surface area contributed by atoms with Gasteiger partial charge in [0.2, 0.25) is 0 Å². The van der Waals surface area contributed by atoms with Crippen molar-refractivity contribution in [3.8, 4) is 0 Å². The molecule has 0 aliphatic heterocycles. The molecule has 0 amide bonds. The molecule has 6 nitrogen and oxygen atoms in total. The fraction of sp³-hybridized carbons (Fsp3) is 0.400. The molecule has 2 heterocycles. The van der Waals surface area contributed by atoms with Crippen LogP contribution in [0, 0.1) is 13.8 Å². The topological polar surface area (TPSA) is 68.5 Å². The Morgan fingerprint density at radius 1 is 1.31 bits per heavy atom. The molecule has 0 unspecified atom stereocenters. The van der Waals surface area contributed by atoms with Gasteiger partial charge in [0.1, 0.15) is 18.0 Å². The zero-order valence-electron chi connectivity index (χ0n) is 9.60. The number of aromatic nitrogens is 5. The summed E-state index contributed by atoms with van der Waals surface area (Å²) < 4.78 is 1.87. The second-order valence-corrected chi connectivity index (χ2v) is 3.65. The molecule has 0 radical (unpaired) electrons. The van der Waals surface area contributed by atoms with Gasteiger partial charge in [-0.05, 0) is 13.8 Å². The maximum absolute atomic E-state index is 4.28. The summed E-state index contributed by atoms with van der Waals surface area (Å²) >= 11 is 0. The maximum atomic E-state index is 4.28. The minimum atomic E-state index is 0.604. The molecular weight excluding hydrogens is 204 g/mol.